The third-order valence-corrected chi connectivity index (χ3v) is 15.4. The van der Waals surface area contributed by atoms with Crippen molar-refractivity contribution in [3.05, 3.63) is 181 Å². The Hall–Kier alpha value is -7.95. The fourth-order valence-corrected chi connectivity index (χ4v) is 12.2. The fraction of sp³-hybridized carbons (Fsp3) is 0.127. The Morgan fingerprint density at radius 1 is 0.373 bits per heavy atom. The van der Waals surface area contributed by atoms with Gasteiger partial charge in [0.15, 0.2) is 0 Å². The zero-order valence-corrected chi connectivity index (χ0v) is 38.5. The minimum atomic E-state index is -0.0893. The molecule has 0 bridgehead atoms. The largest absolute Gasteiger partial charge is 0.309 e. The number of para-hydroxylation sites is 2. The highest BCUT2D eigenvalue weighted by molar-refractivity contribution is 6.40. The first-order valence-corrected chi connectivity index (χ1v) is 23.7. The van der Waals surface area contributed by atoms with Gasteiger partial charge in [0, 0.05) is 65.1 Å². The van der Waals surface area contributed by atoms with Crippen LogP contribution in [0.2, 0.25) is 0 Å². The highest BCUT2D eigenvalue weighted by Crippen LogP contribution is 2.51. The van der Waals surface area contributed by atoms with Crippen molar-refractivity contribution in [2.75, 3.05) is 0 Å². The normalized spacial score (nSPS) is 13.2. The molecule has 0 radical (unpaired) electrons. The quantitative estimate of drug-likeness (QED) is 0.170. The number of hydrogen-bond donors (Lipinski definition) is 0. The van der Waals surface area contributed by atoms with Crippen LogP contribution in [0.1, 0.15) is 52.7 Å². The summed E-state index contributed by atoms with van der Waals surface area (Å²) in [7, 11) is 0. The van der Waals surface area contributed by atoms with Crippen LogP contribution in [0.5, 0.6) is 0 Å². The van der Waals surface area contributed by atoms with E-state index in [0.717, 1.165) is 11.2 Å². The zero-order chi connectivity index (χ0) is 44.8. The second-order valence-electron chi connectivity index (χ2n) is 21.2. The molecular weight excluding hydrogens is 813 g/mol. The van der Waals surface area contributed by atoms with Crippen LogP contribution in [0.15, 0.2) is 170 Å². The van der Waals surface area contributed by atoms with Crippen molar-refractivity contribution in [1.29, 1.82) is 0 Å². The van der Waals surface area contributed by atoms with Gasteiger partial charge < -0.3 is 8.97 Å². The number of rotatable bonds is 2. The van der Waals surface area contributed by atoms with E-state index in [2.05, 4.69) is 225 Å². The molecule has 0 aliphatic rings. The molecule has 15 rings (SSSR count). The molecule has 4 heteroatoms. The predicted octanol–water partition coefficient (Wildman–Crippen LogP) is 17.0. The van der Waals surface area contributed by atoms with Crippen LogP contribution in [0.25, 0.3) is 136 Å². The van der Waals surface area contributed by atoms with Crippen molar-refractivity contribution in [1.82, 2.24) is 18.4 Å². The van der Waals surface area contributed by atoms with E-state index >= 15 is 0 Å². The molecule has 0 amide bonds. The molecule has 0 atom stereocenters. The molecule has 0 saturated heterocycles. The molecule has 67 heavy (non-hydrogen) atoms. The van der Waals surface area contributed by atoms with Gasteiger partial charge in [0.05, 0.1) is 44.8 Å². The van der Waals surface area contributed by atoms with Crippen LogP contribution in [0.3, 0.4) is 0 Å². The number of fused-ring (bicyclic) bond motifs is 20. The summed E-state index contributed by atoms with van der Waals surface area (Å²) in [6, 6.07) is 61.8. The van der Waals surface area contributed by atoms with E-state index in [1.54, 1.807) is 0 Å². The van der Waals surface area contributed by atoms with Crippen molar-refractivity contribution in [2.45, 2.75) is 52.4 Å². The molecule has 0 saturated carbocycles. The van der Waals surface area contributed by atoms with Gasteiger partial charge in [0.2, 0.25) is 0 Å². The third kappa shape index (κ3) is 4.74. The predicted molar refractivity (Wildman–Crippen MR) is 286 cm³/mol. The van der Waals surface area contributed by atoms with Gasteiger partial charge in [-0.25, -0.2) is 4.98 Å². The van der Waals surface area contributed by atoms with E-state index in [-0.39, 0.29) is 10.8 Å². The number of hydrogen-bond acceptors (Lipinski definition) is 1. The van der Waals surface area contributed by atoms with Crippen molar-refractivity contribution >= 4 is 120 Å². The minimum Gasteiger partial charge on any atom is -0.309 e. The lowest BCUT2D eigenvalue weighted by Crippen LogP contribution is -2.11. The summed E-state index contributed by atoms with van der Waals surface area (Å²) < 4.78 is 7.47. The molecule has 0 spiro atoms. The number of aromatic nitrogens is 4. The lowest BCUT2D eigenvalue weighted by Gasteiger charge is -2.21. The summed E-state index contributed by atoms with van der Waals surface area (Å²) in [5.74, 6) is 0. The Balaban J connectivity index is 1.13. The first kappa shape index (κ1) is 37.3. The Kier molecular flexibility index (Phi) is 6.94. The molecule has 6 heterocycles. The topological polar surface area (TPSA) is 26.6 Å². The average Bonchev–Trinajstić information content (AvgIpc) is 4.12. The summed E-state index contributed by atoms with van der Waals surface area (Å²) in [6.07, 6.45) is 2.18. The molecule has 6 aromatic heterocycles. The van der Waals surface area contributed by atoms with Crippen molar-refractivity contribution in [3.8, 4) is 16.8 Å². The monoisotopic (exact) mass is 858 g/mol. The smallest absolute Gasteiger partial charge is 0.146 e. The molecule has 0 unspecified atom stereocenters. The van der Waals surface area contributed by atoms with Crippen LogP contribution < -0.4 is 0 Å². The highest BCUT2D eigenvalue weighted by Gasteiger charge is 2.30. The summed E-state index contributed by atoms with van der Waals surface area (Å²) in [6.45, 7) is 14.0. The van der Waals surface area contributed by atoms with E-state index < -0.39 is 0 Å². The minimum absolute atomic E-state index is 0.0219. The Bertz CT molecular complexity index is 4620. The van der Waals surface area contributed by atoms with Gasteiger partial charge >= 0.3 is 0 Å². The lowest BCUT2D eigenvalue weighted by molar-refractivity contribution is 0.591. The molecule has 9 aromatic carbocycles. The molecular formula is C63H46N4. The van der Waals surface area contributed by atoms with Gasteiger partial charge in [0.25, 0.3) is 0 Å². The maximum absolute atomic E-state index is 5.59. The Morgan fingerprint density at radius 3 is 1.69 bits per heavy atom. The maximum atomic E-state index is 5.59. The van der Waals surface area contributed by atoms with Crippen molar-refractivity contribution in [2.24, 2.45) is 0 Å². The molecule has 4 nitrogen and oxygen atoms in total. The molecule has 318 valence electrons. The molecule has 0 aliphatic carbocycles. The maximum Gasteiger partial charge on any atom is 0.146 e. The van der Waals surface area contributed by atoms with Crippen LogP contribution in [-0.4, -0.2) is 18.4 Å². The first-order chi connectivity index (χ1) is 32.5. The van der Waals surface area contributed by atoms with E-state index in [9.17, 15) is 0 Å². The van der Waals surface area contributed by atoms with Gasteiger partial charge in [-0.3, -0.25) is 4.40 Å². The van der Waals surface area contributed by atoms with Crippen molar-refractivity contribution < 1.29 is 0 Å². The van der Waals surface area contributed by atoms with Gasteiger partial charge in [-0.05, 0) is 116 Å². The molecule has 0 fully saturated rings. The lowest BCUT2D eigenvalue weighted by atomic mass is 9.83. The number of pyridine rings is 1. The van der Waals surface area contributed by atoms with E-state index in [0.29, 0.717) is 0 Å². The molecule has 0 N–H and O–H groups in total. The van der Waals surface area contributed by atoms with E-state index in [4.69, 9.17) is 4.98 Å². The van der Waals surface area contributed by atoms with Gasteiger partial charge in [-0.2, -0.15) is 0 Å². The summed E-state index contributed by atoms with van der Waals surface area (Å²) >= 11 is 0. The zero-order valence-electron chi connectivity index (χ0n) is 38.5. The van der Waals surface area contributed by atoms with E-state index in [1.165, 1.54) is 136 Å². The Morgan fingerprint density at radius 2 is 0.955 bits per heavy atom. The fourth-order valence-electron chi connectivity index (χ4n) is 12.2. The second-order valence-corrected chi connectivity index (χ2v) is 21.2. The molecule has 0 aliphatic heterocycles. The third-order valence-electron chi connectivity index (χ3n) is 15.4. The summed E-state index contributed by atoms with van der Waals surface area (Å²) in [4.78, 5) is 5.59. The summed E-state index contributed by atoms with van der Waals surface area (Å²) in [5, 5.41) is 17.8. The van der Waals surface area contributed by atoms with Gasteiger partial charge in [0.1, 0.15) is 5.65 Å². The standard InChI is InChI=1S/C63H46N4/c1-62(2,3)38-25-27-52-46(31-38)54-41-20-12-10-17-36(41)30-48-57-56-47-29-35-16-11-13-21-42(35)55-49-33-39(63(4,5)6)32-44(58(49)66(59(47)55)53(56)34-64-61(57)67(52)60(48)54)37-24-26-51-45(28-37)43-22-14-15-23-50(43)65(51)40-18-8-7-9-19-40/h7-34H,1-6H3. The second kappa shape index (κ2) is 12.5. The SMILES string of the molecule is CC(C)(C)c1ccc2c(c1)c1c3ccccc3cc3c4c5c6cc7ccccc7c7c8cc(C(C)(C)C)cc(-c9ccc%10c(c9)c9ccccc9n%10-c9ccccc9)c8n(c5cnc4n2c31)c67. The van der Waals surface area contributed by atoms with Crippen LogP contribution in [0, 0.1) is 0 Å². The number of benzene rings is 9. The van der Waals surface area contributed by atoms with Crippen LogP contribution in [-0.2, 0) is 10.8 Å². The van der Waals surface area contributed by atoms with Crippen LogP contribution >= 0.6 is 0 Å². The molecule has 15 aromatic rings. The van der Waals surface area contributed by atoms with Gasteiger partial charge in [-0.1, -0.05) is 139 Å². The Labute approximate surface area is 386 Å². The van der Waals surface area contributed by atoms with Crippen molar-refractivity contribution in [3.63, 3.8) is 0 Å². The van der Waals surface area contributed by atoms with E-state index in [1.807, 2.05) is 0 Å². The average molecular weight is 859 g/mol. The van der Waals surface area contributed by atoms with Gasteiger partial charge in [-0.15, -0.1) is 0 Å². The number of nitrogens with zero attached hydrogens (tertiary/aromatic N) is 4. The summed E-state index contributed by atoms with van der Waals surface area (Å²) in [5.41, 5.74) is 15.7. The highest BCUT2D eigenvalue weighted by atomic mass is 15.0. The first-order valence-electron chi connectivity index (χ1n) is 23.7. The van der Waals surface area contributed by atoms with Crippen LogP contribution in [0.4, 0.5) is 0 Å².